The average molecular weight is 513 g/mol. The molecule has 1 nitrogen and oxygen atoms in total. The van der Waals surface area contributed by atoms with Crippen molar-refractivity contribution in [2.24, 2.45) is 35.0 Å². The molecule has 36 heavy (non-hydrogen) atoms. The van der Waals surface area contributed by atoms with Crippen LogP contribution in [-0.2, 0) is 4.43 Å². The van der Waals surface area contributed by atoms with Gasteiger partial charge in [-0.15, -0.1) is 0 Å². The summed E-state index contributed by atoms with van der Waals surface area (Å²) in [6.07, 6.45) is 18.7. The number of hydrogen-bond donors (Lipinski definition) is 0. The average Bonchev–Trinajstić information content (AvgIpc) is 3.11. The first-order valence-corrected chi connectivity index (χ1v) is 18.3. The van der Waals surface area contributed by atoms with Crippen molar-refractivity contribution in [1.82, 2.24) is 0 Å². The Morgan fingerprint density at radius 1 is 1.08 bits per heavy atom. The molecule has 0 heterocycles. The lowest BCUT2D eigenvalue weighted by molar-refractivity contribution is 0.0929. The Labute approximate surface area is 226 Å². The molecule has 0 radical (unpaired) electrons. The quantitative estimate of drug-likeness (QED) is 0.232. The summed E-state index contributed by atoms with van der Waals surface area (Å²) in [6.45, 7) is 28.6. The lowest BCUT2D eigenvalue weighted by Crippen LogP contribution is -2.45. The molecule has 0 aliphatic heterocycles. The summed E-state index contributed by atoms with van der Waals surface area (Å²) in [5, 5.41) is 0.233. The van der Waals surface area contributed by atoms with E-state index in [2.05, 4.69) is 87.2 Å². The van der Waals surface area contributed by atoms with Gasteiger partial charge in [0.25, 0.3) is 0 Å². The summed E-state index contributed by atoms with van der Waals surface area (Å²) in [7, 11) is -1.81. The molecule has 3 aliphatic carbocycles. The standard InChI is InChI=1S/C34H60OSi/c1-24(2)14-12-15-25(3)30-19-20-31-29(16-13-21-34(30,31)9)18-17-28-22-26(4)27(5)32(23-28)35-36(10,11)33(6,7)8/h17-18,24-26,30-32H,5,12-16,19-23H2,1-4,6-11H3/b28-17-,29-18+/t25-,26-,30-,31+,32-,34-/m1/s1. The Balaban J connectivity index is 1.72. The summed E-state index contributed by atoms with van der Waals surface area (Å²) in [4.78, 5) is 0. The Morgan fingerprint density at radius 3 is 2.42 bits per heavy atom. The van der Waals surface area contributed by atoms with Gasteiger partial charge in [0.05, 0.1) is 6.10 Å². The van der Waals surface area contributed by atoms with Gasteiger partial charge in [-0.3, -0.25) is 0 Å². The summed E-state index contributed by atoms with van der Waals surface area (Å²) < 4.78 is 6.90. The second-order valence-electron chi connectivity index (χ2n) is 15.2. The lowest BCUT2D eigenvalue weighted by atomic mass is 9.60. The van der Waals surface area contributed by atoms with Crippen molar-refractivity contribution in [3.8, 4) is 0 Å². The number of allylic oxidation sites excluding steroid dienone is 3. The van der Waals surface area contributed by atoms with Gasteiger partial charge in [0, 0.05) is 0 Å². The summed E-state index contributed by atoms with van der Waals surface area (Å²) >= 11 is 0. The summed E-state index contributed by atoms with van der Waals surface area (Å²) in [5.74, 6) is 3.93. The maximum Gasteiger partial charge on any atom is 0.192 e. The molecule has 0 amide bonds. The van der Waals surface area contributed by atoms with Gasteiger partial charge < -0.3 is 4.43 Å². The van der Waals surface area contributed by atoms with Gasteiger partial charge in [-0.1, -0.05) is 105 Å². The van der Waals surface area contributed by atoms with Crippen LogP contribution in [0.25, 0.3) is 0 Å². The molecule has 0 aromatic rings. The van der Waals surface area contributed by atoms with Crippen LogP contribution in [0.15, 0.2) is 35.5 Å². The number of fused-ring (bicyclic) bond motifs is 1. The predicted octanol–water partition coefficient (Wildman–Crippen LogP) is 10.9. The van der Waals surface area contributed by atoms with E-state index in [-0.39, 0.29) is 11.1 Å². The van der Waals surface area contributed by atoms with Crippen molar-refractivity contribution in [3.05, 3.63) is 35.5 Å². The van der Waals surface area contributed by atoms with Crippen molar-refractivity contribution in [2.75, 3.05) is 0 Å². The molecule has 0 N–H and O–H groups in total. The van der Waals surface area contributed by atoms with Gasteiger partial charge in [0.1, 0.15) is 0 Å². The third-order valence-electron chi connectivity index (χ3n) is 11.0. The van der Waals surface area contributed by atoms with Crippen LogP contribution in [0.4, 0.5) is 0 Å². The van der Waals surface area contributed by atoms with Gasteiger partial charge in [0.2, 0.25) is 0 Å². The molecule has 2 heteroatoms. The van der Waals surface area contributed by atoms with Crippen LogP contribution in [0.2, 0.25) is 18.1 Å². The molecule has 3 aliphatic rings. The molecule has 0 spiro atoms. The van der Waals surface area contributed by atoms with E-state index in [0.717, 1.165) is 36.5 Å². The Hall–Kier alpha value is -0.603. The fourth-order valence-electron chi connectivity index (χ4n) is 7.57. The molecule has 0 unspecified atom stereocenters. The Kier molecular flexibility index (Phi) is 9.69. The largest absolute Gasteiger partial charge is 0.410 e. The molecule has 3 fully saturated rings. The van der Waals surface area contributed by atoms with Crippen LogP contribution >= 0.6 is 0 Å². The third-order valence-corrected chi connectivity index (χ3v) is 15.5. The Morgan fingerprint density at radius 2 is 1.78 bits per heavy atom. The fourth-order valence-corrected chi connectivity index (χ4v) is 8.87. The van der Waals surface area contributed by atoms with Gasteiger partial charge in [-0.25, -0.2) is 0 Å². The monoisotopic (exact) mass is 512 g/mol. The van der Waals surface area contributed by atoms with Crippen molar-refractivity contribution in [1.29, 1.82) is 0 Å². The van der Waals surface area contributed by atoms with E-state index in [1.54, 1.807) is 11.1 Å². The second kappa shape index (κ2) is 11.6. The van der Waals surface area contributed by atoms with Crippen LogP contribution in [0.5, 0.6) is 0 Å². The van der Waals surface area contributed by atoms with Crippen molar-refractivity contribution in [3.63, 3.8) is 0 Å². The molecular weight excluding hydrogens is 452 g/mol. The van der Waals surface area contributed by atoms with E-state index in [0.29, 0.717) is 11.3 Å². The smallest absolute Gasteiger partial charge is 0.192 e. The van der Waals surface area contributed by atoms with E-state index in [1.807, 2.05) is 0 Å². The van der Waals surface area contributed by atoms with E-state index in [9.17, 15) is 0 Å². The molecule has 206 valence electrons. The van der Waals surface area contributed by atoms with Gasteiger partial charge in [-0.2, -0.15) is 0 Å². The molecule has 0 saturated heterocycles. The maximum atomic E-state index is 6.90. The lowest BCUT2D eigenvalue weighted by Gasteiger charge is -2.44. The summed E-state index contributed by atoms with van der Waals surface area (Å²) in [6, 6.07) is 0. The van der Waals surface area contributed by atoms with Crippen LogP contribution in [0.1, 0.15) is 120 Å². The minimum Gasteiger partial charge on any atom is -0.410 e. The van der Waals surface area contributed by atoms with Crippen LogP contribution in [0, 0.1) is 35.0 Å². The van der Waals surface area contributed by atoms with E-state index >= 15 is 0 Å². The normalized spacial score (nSPS) is 35.0. The predicted molar refractivity (Wildman–Crippen MR) is 162 cm³/mol. The van der Waals surface area contributed by atoms with Gasteiger partial charge >= 0.3 is 0 Å². The number of rotatable bonds is 8. The zero-order chi connectivity index (χ0) is 26.9. The first-order valence-electron chi connectivity index (χ1n) is 15.4. The highest BCUT2D eigenvalue weighted by atomic mass is 28.4. The molecular formula is C34H60OSi. The zero-order valence-electron chi connectivity index (χ0n) is 25.8. The third kappa shape index (κ3) is 6.69. The zero-order valence-corrected chi connectivity index (χ0v) is 26.8. The first-order chi connectivity index (χ1) is 16.7. The fraction of sp³-hybridized carbons (Fsp3) is 0.824. The minimum absolute atomic E-state index is 0.193. The van der Waals surface area contributed by atoms with Gasteiger partial charge in [-0.05, 0) is 104 Å². The molecule has 6 atom stereocenters. The highest BCUT2D eigenvalue weighted by molar-refractivity contribution is 6.74. The van der Waals surface area contributed by atoms with Crippen molar-refractivity contribution >= 4 is 8.32 Å². The van der Waals surface area contributed by atoms with Crippen LogP contribution in [0.3, 0.4) is 0 Å². The molecule has 3 saturated carbocycles. The highest BCUT2D eigenvalue weighted by Gasteiger charge is 2.50. The molecule has 0 aromatic carbocycles. The molecule has 0 aromatic heterocycles. The highest BCUT2D eigenvalue weighted by Crippen LogP contribution is 2.60. The molecule has 3 rings (SSSR count). The van der Waals surface area contributed by atoms with E-state index in [4.69, 9.17) is 4.43 Å². The minimum atomic E-state index is -1.81. The topological polar surface area (TPSA) is 9.23 Å². The van der Waals surface area contributed by atoms with E-state index in [1.165, 1.54) is 56.9 Å². The SMILES string of the molecule is C=C1[C@H](C)C/C(=C/C=C2\CCC[C@]3(C)[C@@H]([C@H](C)CCCC(C)C)CC[C@@H]23)C[C@H]1O[Si](C)(C)C(C)(C)C. The van der Waals surface area contributed by atoms with Gasteiger partial charge in [0.15, 0.2) is 8.32 Å². The Bertz CT molecular complexity index is 825. The number of hydrogen-bond acceptors (Lipinski definition) is 1. The molecule has 0 bridgehead atoms. The van der Waals surface area contributed by atoms with Crippen LogP contribution < -0.4 is 0 Å². The summed E-state index contributed by atoms with van der Waals surface area (Å²) in [5.41, 5.74) is 5.17. The van der Waals surface area contributed by atoms with Crippen molar-refractivity contribution in [2.45, 2.75) is 144 Å². The second-order valence-corrected chi connectivity index (χ2v) is 20.0. The maximum absolute atomic E-state index is 6.90. The van der Waals surface area contributed by atoms with Crippen molar-refractivity contribution < 1.29 is 4.43 Å². The van der Waals surface area contributed by atoms with E-state index < -0.39 is 8.32 Å². The first kappa shape index (κ1) is 29.9. The van der Waals surface area contributed by atoms with Crippen LogP contribution in [-0.4, -0.2) is 14.4 Å².